The average molecular weight is 465 g/mol. The van der Waals surface area contributed by atoms with E-state index in [1.165, 1.54) is 6.20 Å². The predicted octanol–water partition coefficient (Wildman–Crippen LogP) is 2.83. The number of hydrogen-bond donors (Lipinski definition) is 0. The molecule has 2 heterocycles. The average Bonchev–Trinajstić information content (AvgIpc) is 2.68. The topological polar surface area (TPSA) is 62.7 Å². The molecule has 1 amide bonds. The van der Waals surface area contributed by atoms with Crippen LogP contribution in [0.1, 0.15) is 27.6 Å². The normalized spacial score (nSPS) is 14.2. The third kappa shape index (κ3) is 4.14. The van der Waals surface area contributed by atoms with Crippen molar-refractivity contribution in [1.29, 1.82) is 0 Å². The number of pyridine rings is 1. The molecule has 0 aliphatic carbocycles. The van der Waals surface area contributed by atoms with E-state index in [0.717, 1.165) is 15.0 Å². The van der Waals surface area contributed by atoms with Gasteiger partial charge in [-0.2, -0.15) is 0 Å². The first kappa shape index (κ1) is 18.6. The summed E-state index contributed by atoms with van der Waals surface area (Å²) in [6, 6.07) is 11.2. The van der Waals surface area contributed by atoms with Gasteiger partial charge in [0.1, 0.15) is 5.82 Å². The standard InChI is InChI=1S/C19H20IN3O3/c1-2-26-19(25)14-7-8-17(21-13-14)22-9-11-23(12-10-22)18(24)15-5-3-4-6-16(15)20/h3-8,13H,2,9-12H2,1H3. The van der Waals surface area contributed by atoms with Crippen molar-refractivity contribution in [2.75, 3.05) is 37.7 Å². The number of rotatable bonds is 4. The molecule has 0 N–H and O–H groups in total. The molecule has 0 radical (unpaired) electrons. The molecule has 1 aromatic heterocycles. The van der Waals surface area contributed by atoms with Gasteiger partial charge in [0.05, 0.1) is 17.7 Å². The molecule has 136 valence electrons. The minimum Gasteiger partial charge on any atom is -0.462 e. The Morgan fingerprint density at radius 1 is 1.12 bits per heavy atom. The van der Waals surface area contributed by atoms with Gasteiger partial charge in [-0.25, -0.2) is 9.78 Å². The number of piperazine rings is 1. The highest BCUT2D eigenvalue weighted by Crippen LogP contribution is 2.18. The Kier molecular flexibility index (Phi) is 6.08. The lowest BCUT2D eigenvalue weighted by Crippen LogP contribution is -2.49. The highest BCUT2D eigenvalue weighted by Gasteiger charge is 2.24. The fraction of sp³-hybridized carbons (Fsp3) is 0.316. The molecule has 1 aromatic carbocycles. The van der Waals surface area contributed by atoms with E-state index in [2.05, 4.69) is 32.5 Å². The Morgan fingerprint density at radius 2 is 1.85 bits per heavy atom. The molecule has 0 atom stereocenters. The van der Waals surface area contributed by atoms with E-state index in [1.807, 2.05) is 35.2 Å². The lowest BCUT2D eigenvalue weighted by molar-refractivity contribution is 0.0525. The second-order valence-corrected chi connectivity index (χ2v) is 7.05. The number of nitrogens with zero attached hydrogens (tertiary/aromatic N) is 3. The molecule has 1 aliphatic heterocycles. The molecule has 0 spiro atoms. The maximum atomic E-state index is 12.7. The summed E-state index contributed by atoms with van der Waals surface area (Å²) >= 11 is 2.19. The van der Waals surface area contributed by atoms with Crippen molar-refractivity contribution in [2.24, 2.45) is 0 Å². The lowest BCUT2D eigenvalue weighted by atomic mass is 10.2. The van der Waals surface area contributed by atoms with Crippen LogP contribution in [0.25, 0.3) is 0 Å². The molecule has 0 unspecified atom stereocenters. The number of hydrogen-bond acceptors (Lipinski definition) is 5. The fourth-order valence-electron chi connectivity index (χ4n) is 2.85. The van der Waals surface area contributed by atoms with E-state index in [4.69, 9.17) is 4.74 Å². The number of amides is 1. The molecule has 1 saturated heterocycles. The van der Waals surface area contributed by atoms with Crippen molar-refractivity contribution in [3.8, 4) is 0 Å². The molecule has 0 bridgehead atoms. The molecule has 3 rings (SSSR count). The first-order chi connectivity index (χ1) is 12.6. The molecular weight excluding hydrogens is 445 g/mol. The zero-order valence-corrected chi connectivity index (χ0v) is 16.7. The van der Waals surface area contributed by atoms with Crippen LogP contribution >= 0.6 is 22.6 Å². The second kappa shape index (κ2) is 8.48. The third-order valence-electron chi connectivity index (χ3n) is 4.25. The van der Waals surface area contributed by atoms with Gasteiger partial charge in [-0.05, 0) is 53.8 Å². The summed E-state index contributed by atoms with van der Waals surface area (Å²) in [5, 5.41) is 0. The molecular formula is C19H20IN3O3. The first-order valence-electron chi connectivity index (χ1n) is 8.52. The summed E-state index contributed by atoms with van der Waals surface area (Å²) in [5.74, 6) is 0.513. The fourth-order valence-corrected chi connectivity index (χ4v) is 3.47. The van der Waals surface area contributed by atoms with Crippen molar-refractivity contribution < 1.29 is 14.3 Å². The highest BCUT2D eigenvalue weighted by atomic mass is 127. The van der Waals surface area contributed by atoms with Gasteiger partial charge in [-0.3, -0.25) is 4.79 Å². The van der Waals surface area contributed by atoms with Gasteiger partial charge < -0.3 is 14.5 Å². The van der Waals surface area contributed by atoms with Gasteiger partial charge in [-0.1, -0.05) is 12.1 Å². The molecule has 6 nitrogen and oxygen atoms in total. The van der Waals surface area contributed by atoms with E-state index < -0.39 is 0 Å². The van der Waals surface area contributed by atoms with E-state index in [0.29, 0.717) is 38.3 Å². The van der Waals surface area contributed by atoms with Crippen LogP contribution in [-0.4, -0.2) is 54.5 Å². The van der Waals surface area contributed by atoms with Crippen LogP contribution in [0.4, 0.5) is 5.82 Å². The number of carbonyl (C=O) groups excluding carboxylic acids is 2. The van der Waals surface area contributed by atoms with E-state index in [-0.39, 0.29) is 11.9 Å². The SMILES string of the molecule is CCOC(=O)c1ccc(N2CCN(C(=O)c3ccccc3I)CC2)nc1. The zero-order valence-electron chi connectivity index (χ0n) is 14.5. The Morgan fingerprint density at radius 3 is 2.46 bits per heavy atom. The van der Waals surface area contributed by atoms with Crippen LogP contribution < -0.4 is 4.90 Å². The van der Waals surface area contributed by atoms with Crippen LogP contribution in [0, 0.1) is 3.57 Å². The van der Waals surface area contributed by atoms with Crippen molar-refractivity contribution in [1.82, 2.24) is 9.88 Å². The van der Waals surface area contributed by atoms with Gasteiger partial charge in [0.25, 0.3) is 5.91 Å². The summed E-state index contributed by atoms with van der Waals surface area (Å²) in [6.45, 7) is 4.83. The molecule has 7 heteroatoms. The van der Waals surface area contributed by atoms with Gasteiger partial charge in [-0.15, -0.1) is 0 Å². The smallest absolute Gasteiger partial charge is 0.339 e. The summed E-state index contributed by atoms with van der Waals surface area (Å²) in [6.07, 6.45) is 1.54. The van der Waals surface area contributed by atoms with Gasteiger partial charge in [0, 0.05) is 35.9 Å². The van der Waals surface area contributed by atoms with Crippen LogP contribution in [0.3, 0.4) is 0 Å². The van der Waals surface area contributed by atoms with Crippen molar-refractivity contribution in [3.05, 3.63) is 57.3 Å². The van der Waals surface area contributed by atoms with Crippen LogP contribution in [0.2, 0.25) is 0 Å². The lowest BCUT2D eigenvalue weighted by Gasteiger charge is -2.35. The summed E-state index contributed by atoms with van der Waals surface area (Å²) in [4.78, 5) is 32.7. The Balaban J connectivity index is 1.61. The summed E-state index contributed by atoms with van der Waals surface area (Å²) < 4.78 is 5.93. The molecule has 0 saturated carbocycles. The number of anilines is 1. The second-order valence-electron chi connectivity index (χ2n) is 5.88. The quantitative estimate of drug-likeness (QED) is 0.514. The van der Waals surface area contributed by atoms with Crippen LogP contribution in [0.5, 0.6) is 0 Å². The Labute approximate surface area is 166 Å². The largest absolute Gasteiger partial charge is 0.462 e. The zero-order chi connectivity index (χ0) is 18.5. The minimum absolute atomic E-state index is 0.0697. The third-order valence-corrected chi connectivity index (χ3v) is 5.19. The van der Waals surface area contributed by atoms with E-state index >= 15 is 0 Å². The number of carbonyl (C=O) groups is 2. The highest BCUT2D eigenvalue weighted by molar-refractivity contribution is 14.1. The number of esters is 1. The van der Waals surface area contributed by atoms with Gasteiger partial charge in [0.2, 0.25) is 0 Å². The van der Waals surface area contributed by atoms with Crippen molar-refractivity contribution >= 4 is 40.3 Å². The molecule has 1 aliphatic rings. The van der Waals surface area contributed by atoms with Crippen molar-refractivity contribution in [2.45, 2.75) is 6.92 Å². The maximum absolute atomic E-state index is 12.7. The number of aromatic nitrogens is 1. The van der Waals surface area contributed by atoms with E-state index in [9.17, 15) is 9.59 Å². The van der Waals surface area contributed by atoms with E-state index in [1.54, 1.807) is 13.0 Å². The maximum Gasteiger partial charge on any atom is 0.339 e. The molecule has 1 fully saturated rings. The monoisotopic (exact) mass is 465 g/mol. The molecule has 26 heavy (non-hydrogen) atoms. The summed E-state index contributed by atoms with van der Waals surface area (Å²) in [5.41, 5.74) is 1.20. The van der Waals surface area contributed by atoms with Gasteiger partial charge >= 0.3 is 5.97 Å². The number of halogens is 1. The van der Waals surface area contributed by atoms with Crippen LogP contribution in [-0.2, 0) is 4.74 Å². The van der Waals surface area contributed by atoms with Crippen LogP contribution in [0.15, 0.2) is 42.6 Å². The Bertz CT molecular complexity index is 787. The minimum atomic E-state index is -0.362. The number of benzene rings is 1. The van der Waals surface area contributed by atoms with Crippen molar-refractivity contribution in [3.63, 3.8) is 0 Å². The predicted molar refractivity (Wildman–Crippen MR) is 107 cm³/mol. The Hall–Kier alpha value is -2.16. The number of ether oxygens (including phenoxy) is 1. The first-order valence-corrected chi connectivity index (χ1v) is 9.60. The van der Waals surface area contributed by atoms with Gasteiger partial charge in [0.15, 0.2) is 0 Å². The molecule has 2 aromatic rings. The summed E-state index contributed by atoms with van der Waals surface area (Å²) in [7, 11) is 0.